The van der Waals surface area contributed by atoms with Gasteiger partial charge in [0.25, 0.3) is 0 Å². The van der Waals surface area contributed by atoms with Gasteiger partial charge in [-0.15, -0.1) is 10.2 Å². The van der Waals surface area contributed by atoms with Crippen molar-refractivity contribution in [1.82, 2.24) is 20.0 Å². The zero-order chi connectivity index (χ0) is 26.2. The number of methoxy groups -OCH3 is 2. The van der Waals surface area contributed by atoms with Crippen molar-refractivity contribution in [3.63, 3.8) is 0 Å². The van der Waals surface area contributed by atoms with Crippen molar-refractivity contribution in [2.75, 3.05) is 58.5 Å². The molecule has 0 N–H and O–H groups in total. The molecular weight excluding hydrogens is 477 g/mol. The number of aromatic nitrogens is 2. The van der Waals surface area contributed by atoms with Gasteiger partial charge in [-0.25, -0.2) is 4.39 Å². The highest BCUT2D eigenvalue weighted by Gasteiger charge is 2.25. The number of piperazine rings is 1. The number of halogens is 1. The molecule has 2 amide bonds. The van der Waals surface area contributed by atoms with Crippen LogP contribution in [0.2, 0.25) is 0 Å². The number of hydrogen-bond donors (Lipinski definition) is 0. The van der Waals surface area contributed by atoms with Gasteiger partial charge in [0.15, 0.2) is 5.82 Å². The number of anilines is 1. The normalized spacial score (nSPS) is 13.4. The summed E-state index contributed by atoms with van der Waals surface area (Å²) in [6.45, 7) is 2.19. The summed E-state index contributed by atoms with van der Waals surface area (Å²) >= 11 is 0. The van der Waals surface area contributed by atoms with Crippen LogP contribution >= 0.6 is 0 Å². The Hall–Kier alpha value is -4.05. The van der Waals surface area contributed by atoms with Crippen LogP contribution < -0.4 is 9.64 Å². The SMILES string of the molecule is COCC(=O)N(CC(=O)N1CCN(c2ccc(-c3cccc(OC)c3)nn2)CC1)Cc1ccc(F)cc1. The van der Waals surface area contributed by atoms with E-state index >= 15 is 0 Å². The fraction of sp³-hybridized carbons (Fsp3) is 0.333. The largest absolute Gasteiger partial charge is 0.497 e. The number of carbonyl (C=O) groups excluding carboxylic acids is 2. The summed E-state index contributed by atoms with van der Waals surface area (Å²) in [5.74, 6) is 0.694. The van der Waals surface area contributed by atoms with Crippen molar-refractivity contribution in [1.29, 1.82) is 0 Å². The van der Waals surface area contributed by atoms with Gasteiger partial charge in [-0.3, -0.25) is 9.59 Å². The molecule has 0 unspecified atom stereocenters. The van der Waals surface area contributed by atoms with Crippen LogP contribution in [-0.4, -0.2) is 85.4 Å². The standard InChI is InChI=1S/C27H30FN5O4/c1-36-19-27(35)33(17-20-6-8-22(28)9-7-20)18-26(34)32-14-12-31(13-15-32)25-11-10-24(29-30-25)21-4-3-5-23(16-21)37-2/h3-11,16H,12-15,17-19H2,1-2H3. The van der Waals surface area contributed by atoms with E-state index in [2.05, 4.69) is 15.1 Å². The van der Waals surface area contributed by atoms with Gasteiger partial charge in [0.2, 0.25) is 11.8 Å². The van der Waals surface area contributed by atoms with Gasteiger partial charge in [0.05, 0.1) is 12.8 Å². The van der Waals surface area contributed by atoms with E-state index in [9.17, 15) is 14.0 Å². The van der Waals surface area contributed by atoms with Crippen molar-refractivity contribution >= 4 is 17.6 Å². The third kappa shape index (κ3) is 6.79. The lowest BCUT2D eigenvalue weighted by atomic mass is 10.1. The highest BCUT2D eigenvalue weighted by Crippen LogP contribution is 2.23. The zero-order valence-electron chi connectivity index (χ0n) is 21.0. The van der Waals surface area contributed by atoms with Gasteiger partial charge in [-0.05, 0) is 42.0 Å². The molecule has 0 radical (unpaired) electrons. The van der Waals surface area contributed by atoms with Gasteiger partial charge in [0.1, 0.15) is 24.7 Å². The number of rotatable bonds is 9. The fourth-order valence-electron chi connectivity index (χ4n) is 4.14. The van der Waals surface area contributed by atoms with Gasteiger partial charge in [0, 0.05) is 45.4 Å². The third-order valence-corrected chi connectivity index (χ3v) is 6.21. The molecule has 0 saturated carbocycles. The maximum Gasteiger partial charge on any atom is 0.249 e. The van der Waals surface area contributed by atoms with Crippen LogP contribution in [0.25, 0.3) is 11.3 Å². The van der Waals surface area contributed by atoms with Crippen molar-refractivity contribution in [2.24, 2.45) is 0 Å². The third-order valence-electron chi connectivity index (χ3n) is 6.21. The van der Waals surface area contributed by atoms with Crippen LogP contribution in [0.15, 0.2) is 60.7 Å². The average molecular weight is 508 g/mol. The minimum atomic E-state index is -0.355. The van der Waals surface area contributed by atoms with Crippen molar-refractivity contribution in [3.05, 3.63) is 72.0 Å². The topological polar surface area (TPSA) is 88.1 Å². The van der Waals surface area contributed by atoms with Crippen LogP contribution in [-0.2, 0) is 20.9 Å². The molecule has 194 valence electrons. The van der Waals surface area contributed by atoms with E-state index in [0.29, 0.717) is 26.2 Å². The number of hydrogen-bond acceptors (Lipinski definition) is 7. The molecule has 0 spiro atoms. The van der Waals surface area contributed by atoms with Crippen LogP contribution in [0.1, 0.15) is 5.56 Å². The smallest absolute Gasteiger partial charge is 0.249 e. The lowest BCUT2D eigenvalue weighted by Crippen LogP contribution is -2.52. The van der Waals surface area contributed by atoms with Gasteiger partial charge in [-0.2, -0.15) is 0 Å². The van der Waals surface area contributed by atoms with Crippen LogP contribution in [0.3, 0.4) is 0 Å². The monoisotopic (exact) mass is 507 g/mol. The van der Waals surface area contributed by atoms with Crippen molar-refractivity contribution < 1.29 is 23.5 Å². The minimum Gasteiger partial charge on any atom is -0.497 e. The Balaban J connectivity index is 1.34. The molecule has 2 aromatic carbocycles. The first-order valence-corrected chi connectivity index (χ1v) is 12.0. The first-order chi connectivity index (χ1) is 18.0. The Morgan fingerprint density at radius 2 is 1.73 bits per heavy atom. The number of carbonyl (C=O) groups is 2. The van der Waals surface area contributed by atoms with Gasteiger partial charge in [-0.1, -0.05) is 24.3 Å². The number of nitrogens with zero attached hydrogens (tertiary/aromatic N) is 5. The predicted molar refractivity (Wildman–Crippen MR) is 137 cm³/mol. The Bertz CT molecular complexity index is 1200. The highest BCUT2D eigenvalue weighted by molar-refractivity contribution is 5.85. The molecule has 0 atom stereocenters. The van der Waals surface area contributed by atoms with E-state index in [0.717, 1.165) is 28.4 Å². The Labute approximate surface area is 215 Å². The average Bonchev–Trinajstić information content (AvgIpc) is 2.94. The maximum absolute atomic E-state index is 13.3. The quantitative estimate of drug-likeness (QED) is 0.440. The molecule has 1 aliphatic rings. The molecular formula is C27H30FN5O4. The second-order valence-electron chi connectivity index (χ2n) is 8.69. The molecule has 10 heteroatoms. The van der Waals surface area contributed by atoms with Crippen LogP contribution in [0.5, 0.6) is 5.75 Å². The summed E-state index contributed by atoms with van der Waals surface area (Å²) < 4.78 is 23.5. The molecule has 1 saturated heterocycles. The van der Waals surface area contributed by atoms with E-state index < -0.39 is 0 Å². The molecule has 3 aromatic rings. The first kappa shape index (κ1) is 26.0. The van der Waals surface area contributed by atoms with Gasteiger partial charge < -0.3 is 24.2 Å². The van der Waals surface area contributed by atoms with E-state index in [1.165, 1.54) is 24.1 Å². The molecule has 1 aliphatic heterocycles. The minimum absolute atomic E-state index is 0.0748. The molecule has 1 fully saturated rings. The number of amides is 2. The molecule has 37 heavy (non-hydrogen) atoms. The number of ether oxygens (including phenoxy) is 2. The van der Waals surface area contributed by atoms with Crippen molar-refractivity contribution in [2.45, 2.75) is 6.54 Å². The number of benzene rings is 2. The molecule has 9 nitrogen and oxygen atoms in total. The molecule has 0 bridgehead atoms. The highest BCUT2D eigenvalue weighted by atomic mass is 19.1. The fourth-order valence-corrected chi connectivity index (χ4v) is 4.14. The predicted octanol–water partition coefficient (Wildman–Crippen LogP) is 2.62. The summed E-state index contributed by atoms with van der Waals surface area (Å²) in [5.41, 5.74) is 2.40. The maximum atomic E-state index is 13.3. The van der Waals surface area contributed by atoms with Crippen LogP contribution in [0, 0.1) is 5.82 Å². The summed E-state index contributed by atoms with van der Waals surface area (Å²) in [5, 5.41) is 8.76. The van der Waals surface area contributed by atoms with Gasteiger partial charge >= 0.3 is 0 Å². The molecule has 0 aliphatic carbocycles. The summed E-state index contributed by atoms with van der Waals surface area (Å²) in [6, 6.07) is 17.4. The molecule has 4 rings (SSSR count). The molecule has 2 heterocycles. The Morgan fingerprint density at radius 3 is 2.38 bits per heavy atom. The summed E-state index contributed by atoms with van der Waals surface area (Å²) in [7, 11) is 3.06. The Kier molecular flexibility index (Phi) is 8.63. The van der Waals surface area contributed by atoms with Crippen LogP contribution in [0.4, 0.5) is 10.2 Å². The van der Waals surface area contributed by atoms with E-state index in [-0.39, 0.29) is 37.3 Å². The van der Waals surface area contributed by atoms with Crippen molar-refractivity contribution in [3.8, 4) is 17.0 Å². The summed E-state index contributed by atoms with van der Waals surface area (Å²) in [4.78, 5) is 30.9. The second-order valence-corrected chi connectivity index (χ2v) is 8.69. The van der Waals surface area contributed by atoms with E-state index in [4.69, 9.17) is 9.47 Å². The lowest BCUT2D eigenvalue weighted by Gasteiger charge is -2.36. The second kappa shape index (κ2) is 12.3. The first-order valence-electron chi connectivity index (χ1n) is 12.0. The van der Waals surface area contributed by atoms with E-state index in [1.54, 1.807) is 24.1 Å². The summed E-state index contributed by atoms with van der Waals surface area (Å²) in [6.07, 6.45) is 0. The lowest BCUT2D eigenvalue weighted by molar-refractivity contribution is -0.143. The zero-order valence-corrected chi connectivity index (χ0v) is 21.0. The Morgan fingerprint density at radius 1 is 0.973 bits per heavy atom. The van der Waals surface area contributed by atoms with E-state index in [1.807, 2.05) is 36.4 Å². The molecule has 1 aromatic heterocycles.